The van der Waals surface area contributed by atoms with E-state index in [1.54, 1.807) is 13.0 Å². The van der Waals surface area contributed by atoms with Crippen LogP contribution in [0.1, 0.15) is 30.9 Å². The fourth-order valence-electron chi connectivity index (χ4n) is 2.63. The predicted octanol–water partition coefficient (Wildman–Crippen LogP) is 3.17. The van der Waals surface area contributed by atoms with Crippen LogP contribution in [0.2, 0.25) is 0 Å². The van der Waals surface area contributed by atoms with Crippen LogP contribution < -0.4 is 10.6 Å². The van der Waals surface area contributed by atoms with E-state index in [4.69, 9.17) is 0 Å². The minimum Gasteiger partial charge on any atom is -0.353 e. The van der Waals surface area contributed by atoms with Gasteiger partial charge in [-0.05, 0) is 44.0 Å². The Labute approximate surface area is 140 Å². The van der Waals surface area contributed by atoms with Crippen molar-refractivity contribution in [2.75, 3.05) is 13.1 Å². The molecule has 2 rings (SSSR count). The van der Waals surface area contributed by atoms with Crippen LogP contribution in [0.15, 0.2) is 24.3 Å². The van der Waals surface area contributed by atoms with Gasteiger partial charge in [0.15, 0.2) is 0 Å². The number of carbonyl (C=O) groups is 1. The molecule has 1 aliphatic rings. The van der Waals surface area contributed by atoms with Crippen molar-refractivity contribution in [3.05, 3.63) is 35.4 Å². The fourth-order valence-corrected chi connectivity index (χ4v) is 2.63. The topological polar surface area (TPSA) is 41.1 Å². The van der Waals surface area contributed by atoms with Crippen molar-refractivity contribution < 1.29 is 18.0 Å². The summed E-state index contributed by atoms with van der Waals surface area (Å²) in [6.07, 6.45) is -2.26. The highest BCUT2D eigenvalue weighted by molar-refractivity contribution is 5.85. The van der Waals surface area contributed by atoms with Gasteiger partial charge in [-0.2, -0.15) is 13.2 Å². The lowest BCUT2D eigenvalue weighted by atomic mass is 9.97. The molecule has 0 aromatic heterocycles. The van der Waals surface area contributed by atoms with E-state index in [-0.39, 0.29) is 30.3 Å². The zero-order chi connectivity index (χ0) is 16.2. The van der Waals surface area contributed by atoms with Gasteiger partial charge in [0.2, 0.25) is 5.91 Å². The molecule has 1 unspecified atom stereocenters. The van der Waals surface area contributed by atoms with E-state index in [0.29, 0.717) is 12.0 Å². The number of halogens is 4. The van der Waals surface area contributed by atoms with E-state index in [1.165, 1.54) is 6.07 Å². The molecule has 130 valence electrons. The molecule has 2 N–H and O–H groups in total. The zero-order valence-corrected chi connectivity index (χ0v) is 13.8. The zero-order valence-electron chi connectivity index (χ0n) is 13.0. The van der Waals surface area contributed by atoms with Gasteiger partial charge in [0.25, 0.3) is 0 Å². The molecule has 1 heterocycles. The number of piperidine rings is 1. The van der Waals surface area contributed by atoms with Crippen LogP contribution in [0.25, 0.3) is 0 Å². The molecular weight excluding hydrogens is 329 g/mol. The second kappa shape index (κ2) is 8.55. The monoisotopic (exact) mass is 350 g/mol. The van der Waals surface area contributed by atoms with Gasteiger partial charge in [0.05, 0.1) is 5.56 Å². The summed E-state index contributed by atoms with van der Waals surface area (Å²) in [5.41, 5.74) is -0.140. The minimum absolute atomic E-state index is 0. The van der Waals surface area contributed by atoms with Crippen LogP contribution in [0, 0.1) is 5.92 Å². The molecule has 1 aliphatic heterocycles. The lowest BCUT2D eigenvalue weighted by Crippen LogP contribution is -2.44. The SMILES string of the molecule is CC(Cc1cccc(C(F)(F)F)c1)C(=O)NC1CCNCC1.Cl. The van der Waals surface area contributed by atoms with Crippen LogP contribution in [0.5, 0.6) is 0 Å². The van der Waals surface area contributed by atoms with Gasteiger partial charge in [0, 0.05) is 12.0 Å². The second-order valence-electron chi connectivity index (χ2n) is 5.84. The van der Waals surface area contributed by atoms with Gasteiger partial charge in [-0.25, -0.2) is 0 Å². The third kappa shape index (κ3) is 6.03. The van der Waals surface area contributed by atoms with E-state index in [0.717, 1.165) is 38.1 Å². The predicted molar refractivity (Wildman–Crippen MR) is 85.6 cm³/mol. The van der Waals surface area contributed by atoms with Crippen molar-refractivity contribution >= 4 is 18.3 Å². The largest absolute Gasteiger partial charge is 0.416 e. The average Bonchev–Trinajstić information content (AvgIpc) is 2.47. The molecule has 1 atom stereocenters. The maximum atomic E-state index is 12.7. The molecule has 7 heteroatoms. The Balaban J connectivity index is 0.00000264. The van der Waals surface area contributed by atoms with Crippen LogP contribution in [-0.2, 0) is 17.4 Å². The molecule has 1 amide bonds. The lowest BCUT2D eigenvalue weighted by Gasteiger charge is -2.25. The van der Waals surface area contributed by atoms with Gasteiger partial charge in [-0.1, -0.05) is 25.1 Å². The number of benzene rings is 1. The summed E-state index contributed by atoms with van der Waals surface area (Å²) in [5, 5.41) is 6.20. The van der Waals surface area contributed by atoms with Crippen molar-refractivity contribution in [3.63, 3.8) is 0 Å². The minimum atomic E-state index is -4.35. The van der Waals surface area contributed by atoms with E-state index < -0.39 is 11.7 Å². The standard InChI is InChI=1S/C16H21F3N2O.ClH/c1-11(15(22)21-14-5-7-20-8-6-14)9-12-3-2-4-13(10-12)16(17,18)19;/h2-4,10-11,14,20H,5-9H2,1H3,(H,21,22);1H. The number of alkyl halides is 3. The highest BCUT2D eigenvalue weighted by atomic mass is 35.5. The molecule has 0 aliphatic carbocycles. The first-order valence-corrected chi connectivity index (χ1v) is 7.53. The normalized spacial score (nSPS) is 17.2. The molecule has 0 spiro atoms. The number of amides is 1. The first-order valence-electron chi connectivity index (χ1n) is 7.53. The smallest absolute Gasteiger partial charge is 0.353 e. The third-order valence-corrected chi connectivity index (χ3v) is 3.93. The summed E-state index contributed by atoms with van der Waals surface area (Å²) in [6.45, 7) is 3.51. The highest BCUT2D eigenvalue weighted by Gasteiger charge is 2.30. The number of hydrogen-bond donors (Lipinski definition) is 2. The van der Waals surface area contributed by atoms with E-state index in [1.807, 2.05) is 0 Å². The second-order valence-corrected chi connectivity index (χ2v) is 5.84. The molecule has 3 nitrogen and oxygen atoms in total. The third-order valence-electron chi connectivity index (χ3n) is 3.93. The number of rotatable bonds is 4. The molecule has 0 saturated carbocycles. The molecule has 1 fully saturated rings. The van der Waals surface area contributed by atoms with Crippen molar-refractivity contribution in [3.8, 4) is 0 Å². The van der Waals surface area contributed by atoms with Crippen molar-refractivity contribution in [2.45, 2.75) is 38.4 Å². The Kier molecular flexibility index (Phi) is 7.35. The summed E-state index contributed by atoms with van der Waals surface area (Å²) >= 11 is 0. The van der Waals surface area contributed by atoms with Crippen LogP contribution in [-0.4, -0.2) is 25.0 Å². The number of hydrogen-bond acceptors (Lipinski definition) is 2. The van der Waals surface area contributed by atoms with Crippen molar-refractivity contribution in [2.24, 2.45) is 5.92 Å². The van der Waals surface area contributed by atoms with Crippen molar-refractivity contribution in [1.29, 1.82) is 0 Å². The Hall–Kier alpha value is -1.27. The summed E-state index contributed by atoms with van der Waals surface area (Å²) < 4.78 is 38.1. The molecule has 0 radical (unpaired) electrons. The molecule has 1 aromatic rings. The average molecular weight is 351 g/mol. The van der Waals surface area contributed by atoms with E-state index in [2.05, 4.69) is 10.6 Å². The number of carbonyl (C=O) groups excluding carboxylic acids is 1. The molecule has 1 aromatic carbocycles. The van der Waals surface area contributed by atoms with Crippen LogP contribution in [0.3, 0.4) is 0 Å². The molecule has 23 heavy (non-hydrogen) atoms. The first kappa shape index (κ1) is 19.8. The molecular formula is C16H22ClF3N2O. The first-order chi connectivity index (χ1) is 10.4. The summed E-state index contributed by atoms with van der Waals surface area (Å²) in [4.78, 5) is 12.1. The van der Waals surface area contributed by atoms with Crippen molar-refractivity contribution in [1.82, 2.24) is 10.6 Å². The van der Waals surface area contributed by atoms with Gasteiger partial charge < -0.3 is 10.6 Å². The van der Waals surface area contributed by atoms with Gasteiger partial charge >= 0.3 is 6.18 Å². The maximum absolute atomic E-state index is 12.7. The van der Waals surface area contributed by atoms with E-state index in [9.17, 15) is 18.0 Å². The summed E-state index contributed by atoms with van der Waals surface area (Å²) in [6, 6.07) is 5.34. The van der Waals surface area contributed by atoms with Gasteiger partial charge in [0.1, 0.15) is 0 Å². The van der Waals surface area contributed by atoms with Gasteiger partial charge in [-0.3, -0.25) is 4.79 Å². The fraction of sp³-hybridized carbons (Fsp3) is 0.562. The Morgan fingerprint density at radius 3 is 2.61 bits per heavy atom. The Bertz CT molecular complexity index is 516. The van der Waals surface area contributed by atoms with E-state index >= 15 is 0 Å². The van der Waals surface area contributed by atoms with Crippen LogP contribution in [0.4, 0.5) is 13.2 Å². The summed E-state index contributed by atoms with van der Waals surface area (Å²) in [7, 11) is 0. The summed E-state index contributed by atoms with van der Waals surface area (Å²) in [5.74, 6) is -0.442. The molecule has 1 saturated heterocycles. The number of nitrogens with one attached hydrogen (secondary N) is 2. The van der Waals surface area contributed by atoms with Gasteiger partial charge in [-0.15, -0.1) is 12.4 Å². The van der Waals surface area contributed by atoms with Crippen LogP contribution >= 0.6 is 12.4 Å². The highest BCUT2D eigenvalue weighted by Crippen LogP contribution is 2.30. The quantitative estimate of drug-likeness (QED) is 0.875. The maximum Gasteiger partial charge on any atom is 0.416 e. The lowest BCUT2D eigenvalue weighted by molar-refractivity contribution is -0.137. The Morgan fingerprint density at radius 2 is 2.00 bits per heavy atom. The Morgan fingerprint density at radius 1 is 1.35 bits per heavy atom. The molecule has 0 bridgehead atoms.